The Morgan fingerprint density at radius 3 is 2.60 bits per heavy atom. The van der Waals surface area contributed by atoms with Gasteiger partial charge in [0.15, 0.2) is 5.78 Å². The predicted octanol–water partition coefficient (Wildman–Crippen LogP) is 3.71. The van der Waals surface area contributed by atoms with Crippen molar-refractivity contribution < 1.29 is 18.7 Å². The second-order valence-corrected chi connectivity index (χ2v) is 5.29. The van der Waals surface area contributed by atoms with Crippen LogP contribution in [0, 0.1) is 0 Å². The van der Waals surface area contributed by atoms with Crippen LogP contribution in [-0.4, -0.2) is 20.0 Å². The zero-order chi connectivity index (χ0) is 17.8. The van der Waals surface area contributed by atoms with E-state index in [1.165, 1.54) is 13.2 Å². The van der Waals surface area contributed by atoms with Crippen molar-refractivity contribution in [2.24, 2.45) is 0 Å². The van der Waals surface area contributed by atoms with E-state index < -0.39 is 11.4 Å². The van der Waals surface area contributed by atoms with Crippen molar-refractivity contribution in [1.82, 2.24) is 0 Å². The van der Waals surface area contributed by atoms with Gasteiger partial charge in [-0.3, -0.25) is 4.79 Å². The highest BCUT2D eigenvalue weighted by atomic mass is 16.5. The van der Waals surface area contributed by atoms with E-state index in [1.807, 2.05) is 6.07 Å². The van der Waals surface area contributed by atoms with E-state index in [2.05, 4.69) is 0 Å². The van der Waals surface area contributed by atoms with Gasteiger partial charge in [-0.2, -0.15) is 0 Å². The van der Waals surface area contributed by atoms with E-state index >= 15 is 0 Å². The maximum absolute atomic E-state index is 12.4. The minimum atomic E-state index is -0.657. The smallest absolute Gasteiger partial charge is 0.347 e. The number of rotatable bonds is 5. The summed E-state index contributed by atoms with van der Waals surface area (Å²) >= 11 is 0. The first-order valence-corrected chi connectivity index (χ1v) is 7.59. The average Bonchev–Trinajstić information content (AvgIpc) is 2.65. The van der Waals surface area contributed by atoms with Gasteiger partial charge in [-0.05, 0) is 36.4 Å². The molecule has 0 aliphatic heterocycles. The Hall–Kier alpha value is -3.34. The number of hydrogen-bond donors (Lipinski definition) is 0. The fourth-order valence-electron chi connectivity index (χ4n) is 2.45. The number of benzene rings is 2. The van der Waals surface area contributed by atoms with Crippen molar-refractivity contribution in [3.05, 3.63) is 76.2 Å². The molecule has 2 aromatic carbocycles. The molecular weight excluding hydrogens is 320 g/mol. The largest absolute Gasteiger partial charge is 0.497 e. The first kappa shape index (κ1) is 16.5. The first-order valence-electron chi connectivity index (χ1n) is 7.59. The van der Waals surface area contributed by atoms with Crippen LogP contribution >= 0.6 is 0 Å². The van der Waals surface area contributed by atoms with Gasteiger partial charge >= 0.3 is 5.63 Å². The van der Waals surface area contributed by atoms with E-state index in [9.17, 15) is 9.59 Å². The summed E-state index contributed by atoms with van der Waals surface area (Å²) in [4.78, 5) is 24.4. The van der Waals surface area contributed by atoms with Crippen molar-refractivity contribution in [1.29, 1.82) is 0 Å². The number of fused-ring (bicyclic) bond motifs is 1. The maximum Gasteiger partial charge on any atom is 0.347 e. The number of methoxy groups -OCH3 is 2. The molecule has 1 heterocycles. The molecule has 0 amide bonds. The fourth-order valence-corrected chi connectivity index (χ4v) is 2.45. The molecule has 3 aromatic rings. The highest BCUT2D eigenvalue weighted by molar-refractivity contribution is 6.07. The number of para-hydroxylation sites is 1. The van der Waals surface area contributed by atoms with Crippen LogP contribution < -0.4 is 15.1 Å². The van der Waals surface area contributed by atoms with Gasteiger partial charge in [0.25, 0.3) is 0 Å². The lowest BCUT2D eigenvalue weighted by Gasteiger charge is -2.07. The Balaban J connectivity index is 1.93. The monoisotopic (exact) mass is 336 g/mol. The molecule has 5 nitrogen and oxygen atoms in total. The molecule has 0 saturated heterocycles. The molecule has 0 N–H and O–H groups in total. The number of ketones is 1. The minimum Gasteiger partial charge on any atom is -0.497 e. The van der Waals surface area contributed by atoms with Crippen LogP contribution in [0.2, 0.25) is 0 Å². The highest BCUT2D eigenvalue weighted by Gasteiger charge is 2.11. The van der Waals surface area contributed by atoms with Crippen molar-refractivity contribution in [2.45, 2.75) is 0 Å². The Morgan fingerprint density at radius 1 is 1.04 bits per heavy atom. The molecule has 0 spiro atoms. The lowest BCUT2D eigenvalue weighted by Crippen LogP contribution is -2.11. The number of allylic oxidation sites excluding steroid dienone is 1. The Morgan fingerprint density at radius 2 is 1.84 bits per heavy atom. The van der Waals surface area contributed by atoms with Gasteiger partial charge in [0.05, 0.1) is 14.2 Å². The van der Waals surface area contributed by atoms with Gasteiger partial charge in [-0.1, -0.05) is 18.2 Å². The van der Waals surface area contributed by atoms with Crippen LogP contribution in [0.25, 0.3) is 17.0 Å². The van der Waals surface area contributed by atoms with Crippen LogP contribution in [0.3, 0.4) is 0 Å². The Labute approximate surface area is 144 Å². The zero-order valence-electron chi connectivity index (χ0n) is 13.8. The molecule has 0 radical (unpaired) electrons. The van der Waals surface area contributed by atoms with Gasteiger partial charge in [0, 0.05) is 17.0 Å². The average molecular weight is 336 g/mol. The molecule has 0 fully saturated rings. The third-order valence-corrected chi connectivity index (χ3v) is 3.76. The van der Waals surface area contributed by atoms with E-state index in [0.717, 1.165) is 0 Å². The molecular formula is C20H16O5. The summed E-state index contributed by atoms with van der Waals surface area (Å²) in [6.45, 7) is 0. The van der Waals surface area contributed by atoms with Crippen LogP contribution in [-0.2, 0) is 0 Å². The Kier molecular flexibility index (Phi) is 4.66. The van der Waals surface area contributed by atoms with Gasteiger partial charge in [-0.25, -0.2) is 4.79 Å². The summed E-state index contributed by atoms with van der Waals surface area (Å²) in [5, 5.41) is 0.695. The number of carbonyl (C=O) groups is 1. The molecule has 0 aliphatic rings. The quantitative estimate of drug-likeness (QED) is 0.404. The lowest BCUT2D eigenvalue weighted by atomic mass is 10.1. The predicted molar refractivity (Wildman–Crippen MR) is 95.4 cm³/mol. The summed E-state index contributed by atoms with van der Waals surface area (Å²) in [7, 11) is 3.10. The normalized spacial score (nSPS) is 11.0. The molecule has 0 unspecified atom stereocenters. The van der Waals surface area contributed by atoms with E-state index in [4.69, 9.17) is 13.9 Å². The van der Waals surface area contributed by atoms with Gasteiger partial charge < -0.3 is 13.9 Å². The molecule has 3 rings (SSSR count). The van der Waals surface area contributed by atoms with Crippen LogP contribution in [0.5, 0.6) is 11.5 Å². The summed E-state index contributed by atoms with van der Waals surface area (Å²) in [6, 6.07) is 13.8. The molecule has 126 valence electrons. The number of hydrogen-bond acceptors (Lipinski definition) is 5. The second kappa shape index (κ2) is 7.05. The van der Waals surface area contributed by atoms with Crippen molar-refractivity contribution >= 4 is 22.8 Å². The van der Waals surface area contributed by atoms with Crippen molar-refractivity contribution in [3.63, 3.8) is 0 Å². The molecule has 0 atom stereocenters. The molecule has 25 heavy (non-hydrogen) atoms. The fraction of sp³-hybridized carbons (Fsp3) is 0.100. The number of carbonyl (C=O) groups excluding carboxylic acids is 1. The van der Waals surface area contributed by atoms with E-state index in [-0.39, 0.29) is 5.56 Å². The molecule has 0 aliphatic carbocycles. The molecule has 0 bridgehead atoms. The summed E-state index contributed by atoms with van der Waals surface area (Å²) in [6.07, 6.45) is 2.92. The lowest BCUT2D eigenvalue weighted by molar-refractivity contribution is 0.104. The van der Waals surface area contributed by atoms with Gasteiger partial charge in [0.1, 0.15) is 22.6 Å². The summed E-state index contributed by atoms with van der Waals surface area (Å²) in [5.41, 5.74) is 0.476. The third kappa shape index (κ3) is 3.45. The standard InChI is InChI=1S/C20H16O5/c1-23-15-9-7-13(19(12-15)24-2)8-10-17(21)16-11-14-5-3-4-6-18(14)25-20(16)22/h3-12H,1-2H3/b10-8-. The van der Waals surface area contributed by atoms with Gasteiger partial charge in [-0.15, -0.1) is 0 Å². The van der Waals surface area contributed by atoms with Crippen LogP contribution in [0.1, 0.15) is 15.9 Å². The number of ether oxygens (including phenoxy) is 2. The molecule has 0 saturated carbocycles. The van der Waals surface area contributed by atoms with Gasteiger partial charge in [0.2, 0.25) is 0 Å². The third-order valence-electron chi connectivity index (χ3n) is 3.76. The highest BCUT2D eigenvalue weighted by Crippen LogP contribution is 2.25. The van der Waals surface area contributed by atoms with Crippen molar-refractivity contribution in [2.75, 3.05) is 14.2 Å². The van der Waals surface area contributed by atoms with Crippen molar-refractivity contribution in [3.8, 4) is 11.5 Å². The summed E-state index contributed by atoms with van der Waals surface area (Å²) < 4.78 is 15.6. The maximum atomic E-state index is 12.4. The van der Waals surface area contributed by atoms with Crippen LogP contribution in [0.15, 0.2) is 63.8 Å². The van der Waals surface area contributed by atoms with Crippen LogP contribution in [0.4, 0.5) is 0 Å². The topological polar surface area (TPSA) is 65.7 Å². The van der Waals surface area contributed by atoms with E-state index in [0.29, 0.717) is 28.0 Å². The summed E-state index contributed by atoms with van der Waals surface area (Å²) in [5.74, 6) is 0.779. The first-order chi connectivity index (χ1) is 12.1. The zero-order valence-corrected chi connectivity index (χ0v) is 13.8. The molecule has 1 aromatic heterocycles. The SMILES string of the molecule is COc1ccc(/C=C\C(=O)c2cc3ccccc3oc2=O)c(OC)c1. The second-order valence-electron chi connectivity index (χ2n) is 5.29. The molecule has 5 heteroatoms. The Bertz CT molecular complexity index is 1010. The van der Waals surface area contributed by atoms with E-state index in [1.54, 1.807) is 55.7 Å². The minimum absolute atomic E-state index is 0.0116.